The highest BCUT2D eigenvalue weighted by atomic mass is 16.5. The topological polar surface area (TPSA) is 38.5 Å². The molecule has 1 aromatic rings. The van der Waals surface area contributed by atoms with Gasteiger partial charge in [-0.05, 0) is 50.8 Å². The first kappa shape index (κ1) is 16.5. The lowest BCUT2D eigenvalue weighted by Crippen LogP contribution is -2.43. The Hall–Kier alpha value is -0.900. The molecule has 3 heteroatoms. The van der Waals surface area contributed by atoms with Crippen molar-refractivity contribution in [2.75, 3.05) is 20.2 Å². The number of nitrogens with zero attached hydrogens (tertiary/aromatic N) is 1. The number of rotatable bonds is 6. The molecule has 3 atom stereocenters. The summed E-state index contributed by atoms with van der Waals surface area (Å²) in [4.78, 5) is 2.40. The smallest absolute Gasteiger partial charge is 0.0702 e. The fourth-order valence-corrected chi connectivity index (χ4v) is 3.32. The molecule has 1 aliphatic heterocycles. The Bertz CT molecular complexity index is 429. The lowest BCUT2D eigenvalue weighted by atomic mass is 9.92. The second-order valence-corrected chi connectivity index (χ2v) is 6.30. The second kappa shape index (κ2) is 7.92. The number of aryl methyl sites for hydroxylation is 1. The molecular weight excluding hydrogens is 260 g/mol. The summed E-state index contributed by atoms with van der Waals surface area (Å²) in [6, 6.07) is 9.02. The van der Waals surface area contributed by atoms with Crippen LogP contribution < -0.4 is 5.73 Å². The lowest BCUT2D eigenvalue weighted by Gasteiger charge is -2.36. The zero-order valence-corrected chi connectivity index (χ0v) is 13.7. The molecule has 0 radical (unpaired) electrons. The van der Waals surface area contributed by atoms with Crippen LogP contribution in [0.4, 0.5) is 0 Å². The van der Waals surface area contributed by atoms with E-state index in [1.165, 1.54) is 30.4 Å². The lowest BCUT2D eigenvalue weighted by molar-refractivity contribution is -0.0104. The van der Waals surface area contributed by atoms with E-state index in [9.17, 15) is 0 Å². The van der Waals surface area contributed by atoms with Crippen molar-refractivity contribution in [3.63, 3.8) is 0 Å². The van der Waals surface area contributed by atoms with Gasteiger partial charge in [-0.3, -0.25) is 4.90 Å². The van der Waals surface area contributed by atoms with Gasteiger partial charge in [-0.2, -0.15) is 0 Å². The molecule has 118 valence electrons. The van der Waals surface area contributed by atoms with Gasteiger partial charge in [-0.15, -0.1) is 0 Å². The van der Waals surface area contributed by atoms with E-state index in [1.54, 1.807) is 0 Å². The molecule has 0 amide bonds. The van der Waals surface area contributed by atoms with Crippen LogP contribution in [0.2, 0.25) is 0 Å². The molecule has 1 aliphatic rings. The summed E-state index contributed by atoms with van der Waals surface area (Å²) in [6.07, 6.45) is 5.00. The van der Waals surface area contributed by atoms with Crippen molar-refractivity contribution in [3.8, 4) is 0 Å². The van der Waals surface area contributed by atoms with Crippen LogP contribution in [0.3, 0.4) is 0 Å². The quantitative estimate of drug-likeness (QED) is 0.874. The van der Waals surface area contributed by atoms with Gasteiger partial charge in [-0.1, -0.05) is 31.2 Å². The van der Waals surface area contributed by atoms with Crippen LogP contribution in [-0.2, 0) is 4.74 Å². The SMILES string of the molecule is CCC(N)C(c1ccccc1C)N(C)CC1CCCCO1. The van der Waals surface area contributed by atoms with Crippen LogP contribution in [0.5, 0.6) is 0 Å². The van der Waals surface area contributed by atoms with E-state index in [2.05, 4.69) is 50.1 Å². The van der Waals surface area contributed by atoms with Crippen molar-refractivity contribution in [2.45, 2.75) is 57.7 Å². The molecule has 2 N–H and O–H groups in total. The van der Waals surface area contributed by atoms with E-state index in [0.29, 0.717) is 6.10 Å². The molecule has 3 nitrogen and oxygen atoms in total. The van der Waals surface area contributed by atoms with E-state index in [-0.39, 0.29) is 12.1 Å². The van der Waals surface area contributed by atoms with Crippen LogP contribution in [-0.4, -0.2) is 37.2 Å². The van der Waals surface area contributed by atoms with Crippen molar-refractivity contribution in [1.29, 1.82) is 0 Å². The largest absolute Gasteiger partial charge is 0.377 e. The van der Waals surface area contributed by atoms with Gasteiger partial charge in [-0.25, -0.2) is 0 Å². The summed E-state index contributed by atoms with van der Waals surface area (Å²) < 4.78 is 5.90. The van der Waals surface area contributed by atoms with Crippen LogP contribution in [0.25, 0.3) is 0 Å². The fourth-order valence-electron chi connectivity index (χ4n) is 3.32. The van der Waals surface area contributed by atoms with Gasteiger partial charge in [0, 0.05) is 25.2 Å². The maximum absolute atomic E-state index is 6.44. The molecule has 3 unspecified atom stereocenters. The summed E-state index contributed by atoms with van der Waals surface area (Å²) in [5.41, 5.74) is 9.12. The molecule has 0 saturated carbocycles. The summed E-state index contributed by atoms with van der Waals surface area (Å²) in [5.74, 6) is 0. The van der Waals surface area contributed by atoms with Crippen molar-refractivity contribution >= 4 is 0 Å². The zero-order chi connectivity index (χ0) is 15.2. The van der Waals surface area contributed by atoms with Crippen molar-refractivity contribution < 1.29 is 4.74 Å². The predicted octanol–water partition coefficient (Wildman–Crippen LogP) is 3.27. The number of ether oxygens (including phenoxy) is 1. The van der Waals surface area contributed by atoms with Gasteiger partial charge in [0.25, 0.3) is 0 Å². The molecular formula is C18H30N2O. The third kappa shape index (κ3) is 4.29. The van der Waals surface area contributed by atoms with Crippen LogP contribution in [0, 0.1) is 6.92 Å². The first-order chi connectivity index (χ1) is 10.1. The molecule has 0 aromatic heterocycles. The van der Waals surface area contributed by atoms with E-state index in [1.807, 2.05) is 0 Å². The van der Waals surface area contributed by atoms with Gasteiger partial charge in [0.15, 0.2) is 0 Å². The highest BCUT2D eigenvalue weighted by Gasteiger charge is 2.27. The predicted molar refractivity (Wildman–Crippen MR) is 88.4 cm³/mol. The van der Waals surface area contributed by atoms with Crippen LogP contribution >= 0.6 is 0 Å². The standard InChI is InChI=1S/C18H30N2O/c1-4-17(19)18(16-11-6-5-9-14(16)2)20(3)13-15-10-7-8-12-21-15/h5-6,9,11,15,17-18H,4,7-8,10,12-13,19H2,1-3H3. The Labute approximate surface area is 129 Å². The van der Waals surface area contributed by atoms with E-state index in [4.69, 9.17) is 10.5 Å². The highest BCUT2D eigenvalue weighted by Crippen LogP contribution is 2.28. The van der Waals surface area contributed by atoms with Gasteiger partial charge in [0.05, 0.1) is 6.10 Å². The Morgan fingerprint density at radius 2 is 2.10 bits per heavy atom. The average molecular weight is 290 g/mol. The normalized spacial score (nSPS) is 22.2. The molecule has 0 aliphatic carbocycles. The molecule has 21 heavy (non-hydrogen) atoms. The van der Waals surface area contributed by atoms with Gasteiger partial charge >= 0.3 is 0 Å². The minimum atomic E-state index is 0.152. The van der Waals surface area contributed by atoms with Gasteiger partial charge < -0.3 is 10.5 Å². The summed E-state index contributed by atoms with van der Waals surface area (Å²) in [6.45, 7) is 6.22. The van der Waals surface area contributed by atoms with Crippen LogP contribution in [0.15, 0.2) is 24.3 Å². The van der Waals surface area contributed by atoms with Crippen LogP contribution in [0.1, 0.15) is 49.8 Å². The zero-order valence-electron chi connectivity index (χ0n) is 13.7. The minimum absolute atomic E-state index is 0.152. The first-order valence-corrected chi connectivity index (χ1v) is 8.26. The average Bonchev–Trinajstić information content (AvgIpc) is 2.50. The monoisotopic (exact) mass is 290 g/mol. The Balaban J connectivity index is 2.13. The van der Waals surface area contributed by atoms with Crippen molar-refractivity contribution in [2.24, 2.45) is 5.73 Å². The number of hydrogen-bond acceptors (Lipinski definition) is 3. The molecule has 1 saturated heterocycles. The molecule has 1 heterocycles. The van der Waals surface area contributed by atoms with Crippen molar-refractivity contribution in [1.82, 2.24) is 4.90 Å². The summed E-state index contributed by atoms with van der Waals surface area (Å²) in [5, 5.41) is 0. The minimum Gasteiger partial charge on any atom is -0.377 e. The summed E-state index contributed by atoms with van der Waals surface area (Å²) in [7, 11) is 2.19. The van der Waals surface area contributed by atoms with E-state index >= 15 is 0 Å². The Morgan fingerprint density at radius 1 is 1.33 bits per heavy atom. The Kier molecular flexibility index (Phi) is 6.22. The highest BCUT2D eigenvalue weighted by molar-refractivity contribution is 5.30. The van der Waals surface area contributed by atoms with Gasteiger partial charge in [0.1, 0.15) is 0 Å². The number of benzene rings is 1. The molecule has 2 rings (SSSR count). The second-order valence-electron chi connectivity index (χ2n) is 6.30. The number of likely N-dealkylation sites (N-methyl/N-ethyl adjacent to an activating group) is 1. The van der Waals surface area contributed by atoms with Crippen molar-refractivity contribution in [3.05, 3.63) is 35.4 Å². The third-order valence-electron chi connectivity index (χ3n) is 4.62. The maximum atomic E-state index is 6.44. The van der Waals surface area contributed by atoms with E-state index < -0.39 is 0 Å². The van der Waals surface area contributed by atoms with Gasteiger partial charge in [0.2, 0.25) is 0 Å². The molecule has 0 bridgehead atoms. The third-order valence-corrected chi connectivity index (χ3v) is 4.62. The first-order valence-electron chi connectivity index (χ1n) is 8.26. The number of nitrogens with two attached hydrogens (primary N) is 1. The molecule has 0 spiro atoms. The molecule has 1 fully saturated rings. The summed E-state index contributed by atoms with van der Waals surface area (Å²) >= 11 is 0. The number of hydrogen-bond donors (Lipinski definition) is 1. The Morgan fingerprint density at radius 3 is 2.71 bits per heavy atom. The molecule has 1 aromatic carbocycles. The van der Waals surface area contributed by atoms with E-state index in [0.717, 1.165) is 19.6 Å². The maximum Gasteiger partial charge on any atom is 0.0702 e. The fraction of sp³-hybridized carbons (Fsp3) is 0.667.